The Hall–Kier alpha value is -1.88. The molecule has 6 heteroatoms. The summed E-state index contributed by atoms with van der Waals surface area (Å²) in [7, 11) is 0. The van der Waals surface area contributed by atoms with Gasteiger partial charge in [-0.05, 0) is 68.4 Å². The maximum absolute atomic E-state index is 12.9. The van der Waals surface area contributed by atoms with Gasteiger partial charge < -0.3 is 9.26 Å². The summed E-state index contributed by atoms with van der Waals surface area (Å²) in [5.74, 6) is 2.84. The minimum atomic E-state index is -0.259. The maximum Gasteiger partial charge on any atom is 0.312 e. The average Bonchev–Trinajstić information content (AvgIpc) is 3.07. The van der Waals surface area contributed by atoms with Crippen LogP contribution in [0.4, 0.5) is 0 Å². The van der Waals surface area contributed by atoms with Crippen molar-refractivity contribution < 1.29 is 14.1 Å². The Labute approximate surface area is 157 Å². The molecule has 0 amide bonds. The third-order valence-corrected chi connectivity index (χ3v) is 6.58. The number of benzene rings is 1. The summed E-state index contributed by atoms with van der Waals surface area (Å²) < 4.78 is 10.9. The molecule has 5 nitrogen and oxygen atoms in total. The maximum atomic E-state index is 12.9. The van der Waals surface area contributed by atoms with E-state index in [0.717, 1.165) is 24.8 Å². The van der Waals surface area contributed by atoms with Crippen LogP contribution < -0.4 is 0 Å². The van der Waals surface area contributed by atoms with E-state index in [1.54, 1.807) is 12.1 Å². The number of halogens is 1. The predicted octanol–water partition coefficient (Wildman–Crippen LogP) is 4.65. The van der Waals surface area contributed by atoms with Gasteiger partial charge in [-0.3, -0.25) is 4.79 Å². The lowest BCUT2D eigenvalue weighted by atomic mass is 9.49. The van der Waals surface area contributed by atoms with Crippen molar-refractivity contribution in [1.29, 1.82) is 0 Å². The molecule has 1 heterocycles. The van der Waals surface area contributed by atoms with E-state index in [-0.39, 0.29) is 18.0 Å². The Kier molecular flexibility index (Phi) is 3.82. The van der Waals surface area contributed by atoms with E-state index in [9.17, 15) is 4.79 Å². The van der Waals surface area contributed by atoms with Gasteiger partial charge in [0.2, 0.25) is 5.82 Å². The predicted molar refractivity (Wildman–Crippen MR) is 95.1 cm³/mol. The number of hydrogen-bond donors (Lipinski definition) is 0. The van der Waals surface area contributed by atoms with Crippen molar-refractivity contribution in [3.63, 3.8) is 0 Å². The first kappa shape index (κ1) is 16.3. The SMILES string of the molecule is O=C(OCc1nc(-c2cccc(Cl)c2)no1)C12CC3CC(CC(C3)C1)C2. The highest BCUT2D eigenvalue weighted by Gasteiger charge is 2.55. The molecule has 26 heavy (non-hydrogen) atoms. The fourth-order valence-electron chi connectivity index (χ4n) is 5.70. The van der Waals surface area contributed by atoms with E-state index >= 15 is 0 Å². The van der Waals surface area contributed by atoms with E-state index in [1.165, 1.54) is 19.3 Å². The van der Waals surface area contributed by atoms with Gasteiger partial charge in [0, 0.05) is 10.6 Å². The molecule has 4 aliphatic rings. The number of nitrogens with zero attached hydrogens (tertiary/aromatic N) is 2. The van der Waals surface area contributed by atoms with Crippen molar-refractivity contribution in [2.75, 3.05) is 0 Å². The zero-order valence-corrected chi connectivity index (χ0v) is 15.2. The lowest BCUT2D eigenvalue weighted by molar-refractivity contribution is -0.173. The monoisotopic (exact) mass is 372 g/mol. The second-order valence-electron chi connectivity index (χ2n) is 8.30. The van der Waals surface area contributed by atoms with Crippen LogP contribution in [0, 0.1) is 23.2 Å². The Morgan fingerprint density at radius 2 is 1.88 bits per heavy atom. The van der Waals surface area contributed by atoms with Crippen LogP contribution in [0.3, 0.4) is 0 Å². The summed E-state index contributed by atoms with van der Waals surface area (Å²) in [5.41, 5.74) is 0.518. The van der Waals surface area contributed by atoms with Gasteiger partial charge in [-0.25, -0.2) is 0 Å². The molecule has 0 radical (unpaired) electrons. The highest BCUT2D eigenvalue weighted by molar-refractivity contribution is 6.30. The van der Waals surface area contributed by atoms with Gasteiger partial charge in [-0.15, -0.1) is 0 Å². The number of carbonyl (C=O) groups excluding carboxylic acids is 1. The van der Waals surface area contributed by atoms with Crippen LogP contribution >= 0.6 is 11.6 Å². The first-order chi connectivity index (χ1) is 12.6. The highest BCUT2D eigenvalue weighted by Crippen LogP contribution is 2.60. The molecule has 0 N–H and O–H groups in total. The number of aromatic nitrogens is 2. The molecular weight excluding hydrogens is 352 g/mol. The third-order valence-electron chi connectivity index (χ3n) is 6.35. The molecule has 6 rings (SSSR count). The van der Waals surface area contributed by atoms with Crippen LogP contribution in [0.1, 0.15) is 44.4 Å². The largest absolute Gasteiger partial charge is 0.455 e. The van der Waals surface area contributed by atoms with Gasteiger partial charge in [0.1, 0.15) is 0 Å². The van der Waals surface area contributed by atoms with Crippen molar-refractivity contribution in [3.8, 4) is 11.4 Å². The molecule has 4 bridgehead atoms. The van der Waals surface area contributed by atoms with Crippen LogP contribution in [0.5, 0.6) is 0 Å². The molecule has 0 unspecified atom stereocenters. The Morgan fingerprint density at radius 1 is 1.19 bits per heavy atom. The van der Waals surface area contributed by atoms with Gasteiger partial charge in [0.05, 0.1) is 5.41 Å². The van der Waals surface area contributed by atoms with E-state index in [0.29, 0.717) is 34.5 Å². The Morgan fingerprint density at radius 3 is 2.54 bits per heavy atom. The van der Waals surface area contributed by atoms with Crippen molar-refractivity contribution in [2.24, 2.45) is 23.2 Å². The smallest absolute Gasteiger partial charge is 0.312 e. The van der Waals surface area contributed by atoms with Gasteiger partial charge in [0.25, 0.3) is 5.89 Å². The van der Waals surface area contributed by atoms with Crippen LogP contribution in [-0.4, -0.2) is 16.1 Å². The van der Waals surface area contributed by atoms with Gasteiger partial charge >= 0.3 is 5.97 Å². The third kappa shape index (κ3) is 2.82. The summed E-state index contributed by atoms with van der Waals surface area (Å²) in [6, 6.07) is 7.26. The first-order valence-electron chi connectivity index (χ1n) is 9.35. The molecule has 4 aliphatic carbocycles. The van der Waals surface area contributed by atoms with Crippen LogP contribution in [0.2, 0.25) is 5.02 Å². The molecule has 0 aliphatic heterocycles. The standard InChI is InChI=1S/C20H21ClN2O3/c21-16-3-1-2-15(7-16)18-22-17(26-23-18)11-25-19(24)20-8-12-4-13(9-20)6-14(5-12)10-20/h1-3,7,12-14H,4-6,8-11H2. The van der Waals surface area contributed by atoms with Crippen LogP contribution in [0.25, 0.3) is 11.4 Å². The van der Waals surface area contributed by atoms with Crippen LogP contribution in [-0.2, 0) is 16.1 Å². The molecule has 4 fully saturated rings. The van der Waals surface area contributed by atoms with Crippen molar-refractivity contribution in [2.45, 2.75) is 45.1 Å². The molecule has 1 aromatic carbocycles. The lowest BCUT2D eigenvalue weighted by Crippen LogP contribution is -2.50. The van der Waals surface area contributed by atoms with E-state index < -0.39 is 0 Å². The minimum absolute atomic E-state index is 0.0359. The summed E-state index contributed by atoms with van der Waals surface area (Å²) in [6.07, 6.45) is 6.90. The molecule has 2 aromatic rings. The van der Waals surface area contributed by atoms with Gasteiger partial charge in [-0.1, -0.05) is 28.9 Å². The van der Waals surface area contributed by atoms with Crippen molar-refractivity contribution in [1.82, 2.24) is 10.1 Å². The molecule has 136 valence electrons. The van der Waals surface area contributed by atoms with Crippen molar-refractivity contribution in [3.05, 3.63) is 35.2 Å². The molecular formula is C20H21ClN2O3. The van der Waals surface area contributed by atoms with Gasteiger partial charge in [-0.2, -0.15) is 4.98 Å². The zero-order chi connectivity index (χ0) is 17.7. The van der Waals surface area contributed by atoms with Gasteiger partial charge in [0.15, 0.2) is 6.61 Å². The number of hydrogen-bond acceptors (Lipinski definition) is 5. The topological polar surface area (TPSA) is 65.2 Å². The molecule has 0 saturated heterocycles. The fraction of sp³-hybridized carbons (Fsp3) is 0.550. The summed E-state index contributed by atoms with van der Waals surface area (Å²) in [6.45, 7) is 0.0359. The highest BCUT2D eigenvalue weighted by atomic mass is 35.5. The molecule has 0 atom stereocenters. The molecule has 1 aromatic heterocycles. The number of rotatable bonds is 4. The summed E-state index contributed by atoms with van der Waals surface area (Å²) in [4.78, 5) is 17.2. The Bertz CT molecular complexity index is 812. The number of esters is 1. The quantitative estimate of drug-likeness (QED) is 0.731. The van der Waals surface area contributed by atoms with E-state index in [2.05, 4.69) is 10.1 Å². The molecule has 4 saturated carbocycles. The fourth-order valence-corrected chi connectivity index (χ4v) is 5.89. The Balaban J connectivity index is 1.26. The van der Waals surface area contributed by atoms with Crippen molar-refractivity contribution >= 4 is 17.6 Å². The molecule has 0 spiro atoms. The van der Waals surface area contributed by atoms with Crippen LogP contribution in [0.15, 0.2) is 28.8 Å². The summed E-state index contributed by atoms with van der Waals surface area (Å²) >= 11 is 6.00. The summed E-state index contributed by atoms with van der Waals surface area (Å²) in [5, 5.41) is 4.57. The second-order valence-corrected chi connectivity index (χ2v) is 8.73. The minimum Gasteiger partial charge on any atom is -0.455 e. The van der Waals surface area contributed by atoms with E-state index in [1.807, 2.05) is 12.1 Å². The normalized spacial score (nSPS) is 32.0. The lowest BCUT2D eigenvalue weighted by Gasteiger charge is -2.55. The zero-order valence-electron chi connectivity index (χ0n) is 14.5. The average molecular weight is 373 g/mol. The number of ether oxygens (including phenoxy) is 1. The second kappa shape index (κ2) is 6.08. The van der Waals surface area contributed by atoms with E-state index in [4.69, 9.17) is 20.9 Å². The first-order valence-corrected chi connectivity index (χ1v) is 9.73. The number of carbonyl (C=O) groups is 1.